The molecule has 6 heteroatoms. The Hall–Kier alpha value is -2.01. The van der Waals surface area contributed by atoms with Gasteiger partial charge in [-0.15, -0.1) is 0 Å². The van der Waals surface area contributed by atoms with E-state index in [9.17, 15) is 0 Å². The van der Waals surface area contributed by atoms with Gasteiger partial charge in [0.25, 0.3) is 0 Å². The summed E-state index contributed by atoms with van der Waals surface area (Å²) in [6.07, 6.45) is 8.30. The van der Waals surface area contributed by atoms with Crippen LogP contribution >= 0.6 is 23.2 Å². The average Bonchev–Trinajstić information content (AvgIpc) is 3.20. The number of rotatable bonds is 11. The Balaban J connectivity index is 1.45. The van der Waals surface area contributed by atoms with Gasteiger partial charge in [0.2, 0.25) is 0 Å². The molecule has 4 nitrogen and oxygen atoms in total. The molecular formula is C22H24Cl2N2O2. The summed E-state index contributed by atoms with van der Waals surface area (Å²) in [5.74, 6) is 0.913. The fraction of sp³-hybridized carbons (Fsp3) is 0.318. The van der Waals surface area contributed by atoms with Gasteiger partial charge in [-0.2, -0.15) is 0 Å². The lowest BCUT2D eigenvalue weighted by Crippen LogP contribution is -2.13. The third-order valence-electron chi connectivity index (χ3n) is 4.36. The Kier molecular flexibility index (Phi) is 8.22. The van der Waals surface area contributed by atoms with Crippen molar-refractivity contribution >= 4 is 23.2 Å². The van der Waals surface area contributed by atoms with E-state index in [0.717, 1.165) is 30.6 Å². The van der Waals surface area contributed by atoms with Crippen LogP contribution in [-0.2, 0) is 11.3 Å². The second-order valence-electron chi connectivity index (χ2n) is 6.51. The predicted octanol–water partition coefficient (Wildman–Crippen LogP) is 6.20. The Morgan fingerprint density at radius 2 is 1.79 bits per heavy atom. The first-order valence-electron chi connectivity index (χ1n) is 9.42. The highest BCUT2D eigenvalue weighted by molar-refractivity contribution is 6.35. The summed E-state index contributed by atoms with van der Waals surface area (Å²) in [7, 11) is 0. The summed E-state index contributed by atoms with van der Waals surface area (Å²) in [4.78, 5) is 4.10. The standard InChI is InChI=1S/C22H24Cl2N2O2/c23-18-9-10-20(21(24)15-18)22(16-26-12-11-25-17-26)28-14-6-2-5-13-27-19-7-3-1-4-8-19/h1,3-4,7-12,15,17,22H,2,5-6,13-14,16H2. The van der Waals surface area contributed by atoms with Gasteiger partial charge in [-0.1, -0.05) is 47.5 Å². The van der Waals surface area contributed by atoms with Crippen LogP contribution in [0.25, 0.3) is 0 Å². The first kappa shape index (κ1) is 20.7. The number of ether oxygens (including phenoxy) is 2. The van der Waals surface area contributed by atoms with Gasteiger partial charge in [0.15, 0.2) is 0 Å². The average molecular weight is 419 g/mol. The zero-order valence-corrected chi connectivity index (χ0v) is 17.1. The fourth-order valence-electron chi connectivity index (χ4n) is 2.90. The van der Waals surface area contributed by atoms with Crippen LogP contribution in [0.2, 0.25) is 10.0 Å². The number of imidazole rings is 1. The number of nitrogens with zero attached hydrogens (tertiary/aromatic N) is 2. The van der Waals surface area contributed by atoms with Crippen molar-refractivity contribution in [2.24, 2.45) is 0 Å². The zero-order valence-electron chi connectivity index (χ0n) is 15.6. The van der Waals surface area contributed by atoms with Crippen molar-refractivity contribution in [2.45, 2.75) is 31.9 Å². The van der Waals surface area contributed by atoms with E-state index in [1.165, 1.54) is 0 Å². The van der Waals surface area contributed by atoms with Crippen LogP contribution in [0.4, 0.5) is 0 Å². The zero-order chi connectivity index (χ0) is 19.6. The number of aromatic nitrogens is 2. The van der Waals surface area contributed by atoms with Crippen LogP contribution in [0, 0.1) is 0 Å². The highest BCUT2D eigenvalue weighted by atomic mass is 35.5. The molecule has 1 atom stereocenters. The number of hydrogen-bond donors (Lipinski definition) is 0. The third kappa shape index (κ3) is 6.55. The van der Waals surface area contributed by atoms with Gasteiger partial charge in [0, 0.05) is 34.6 Å². The Labute approximate surface area is 176 Å². The van der Waals surface area contributed by atoms with E-state index in [0.29, 0.717) is 29.8 Å². The van der Waals surface area contributed by atoms with Gasteiger partial charge >= 0.3 is 0 Å². The molecule has 0 amide bonds. The summed E-state index contributed by atoms with van der Waals surface area (Å²) in [5, 5.41) is 1.24. The van der Waals surface area contributed by atoms with Gasteiger partial charge < -0.3 is 14.0 Å². The maximum absolute atomic E-state index is 6.40. The molecule has 1 heterocycles. The van der Waals surface area contributed by atoms with Crippen molar-refractivity contribution in [1.82, 2.24) is 9.55 Å². The van der Waals surface area contributed by atoms with E-state index in [-0.39, 0.29) is 6.10 Å². The highest BCUT2D eigenvalue weighted by Gasteiger charge is 2.16. The minimum Gasteiger partial charge on any atom is -0.494 e. The minimum atomic E-state index is -0.153. The van der Waals surface area contributed by atoms with Gasteiger partial charge in [-0.05, 0) is 43.5 Å². The molecule has 0 bridgehead atoms. The molecule has 0 aliphatic carbocycles. The molecule has 0 radical (unpaired) electrons. The SMILES string of the molecule is Clc1ccc(C(Cn2ccnc2)OCCCCCOc2ccccc2)c(Cl)c1. The summed E-state index contributed by atoms with van der Waals surface area (Å²) in [5.41, 5.74) is 0.937. The van der Waals surface area contributed by atoms with Crippen molar-refractivity contribution < 1.29 is 9.47 Å². The summed E-state index contributed by atoms with van der Waals surface area (Å²) < 4.78 is 13.9. The van der Waals surface area contributed by atoms with Gasteiger partial charge in [0.05, 0.1) is 19.5 Å². The molecule has 3 aromatic rings. The van der Waals surface area contributed by atoms with Crippen molar-refractivity contribution in [3.63, 3.8) is 0 Å². The van der Waals surface area contributed by atoms with Crippen molar-refractivity contribution in [1.29, 1.82) is 0 Å². The normalized spacial score (nSPS) is 12.1. The van der Waals surface area contributed by atoms with Crippen molar-refractivity contribution in [3.05, 3.63) is 82.9 Å². The van der Waals surface area contributed by atoms with Crippen LogP contribution in [0.15, 0.2) is 67.3 Å². The van der Waals surface area contributed by atoms with E-state index in [1.807, 2.05) is 53.2 Å². The number of unbranched alkanes of at least 4 members (excludes halogenated alkanes) is 2. The van der Waals surface area contributed by atoms with Crippen LogP contribution in [0.5, 0.6) is 5.75 Å². The lowest BCUT2D eigenvalue weighted by molar-refractivity contribution is 0.0377. The van der Waals surface area contributed by atoms with Crippen LogP contribution < -0.4 is 4.74 Å². The number of hydrogen-bond acceptors (Lipinski definition) is 3. The Bertz CT molecular complexity index is 826. The quantitative estimate of drug-likeness (QED) is 0.348. The first-order chi connectivity index (χ1) is 13.7. The second-order valence-corrected chi connectivity index (χ2v) is 7.35. The molecule has 0 saturated heterocycles. The Morgan fingerprint density at radius 3 is 2.54 bits per heavy atom. The lowest BCUT2D eigenvalue weighted by atomic mass is 10.1. The van der Waals surface area contributed by atoms with Gasteiger partial charge in [0.1, 0.15) is 11.9 Å². The van der Waals surface area contributed by atoms with Crippen LogP contribution in [-0.4, -0.2) is 22.8 Å². The molecule has 0 N–H and O–H groups in total. The number of para-hydroxylation sites is 1. The van der Waals surface area contributed by atoms with Crippen LogP contribution in [0.1, 0.15) is 30.9 Å². The molecule has 148 valence electrons. The summed E-state index contributed by atoms with van der Waals surface area (Å²) >= 11 is 12.4. The summed E-state index contributed by atoms with van der Waals surface area (Å²) in [6, 6.07) is 15.4. The molecule has 1 unspecified atom stereocenters. The molecule has 0 saturated carbocycles. The van der Waals surface area contributed by atoms with Crippen molar-refractivity contribution in [2.75, 3.05) is 13.2 Å². The van der Waals surface area contributed by atoms with E-state index < -0.39 is 0 Å². The molecule has 3 rings (SSSR count). The third-order valence-corrected chi connectivity index (χ3v) is 4.93. The van der Waals surface area contributed by atoms with E-state index in [1.54, 1.807) is 18.6 Å². The van der Waals surface area contributed by atoms with Gasteiger partial charge in [-0.25, -0.2) is 4.98 Å². The second kappa shape index (κ2) is 11.1. The molecule has 1 aromatic heterocycles. The minimum absolute atomic E-state index is 0.153. The first-order valence-corrected chi connectivity index (χ1v) is 10.2. The maximum atomic E-state index is 6.40. The summed E-state index contributed by atoms with van der Waals surface area (Å²) in [6.45, 7) is 2.02. The number of halogens is 2. The monoisotopic (exact) mass is 418 g/mol. The molecule has 0 aliphatic heterocycles. The number of benzene rings is 2. The highest BCUT2D eigenvalue weighted by Crippen LogP contribution is 2.30. The largest absolute Gasteiger partial charge is 0.494 e. The molecular weight excluding hydrogens is 395 g/mol. The fourth-order valence-corrected chi connectivity index (χ4v) is 3.43. The topological polar surface area (TPSA) is 36.3 Å². The maximum Gasteiger partial charge on any atom is 0.119 e. The van der Waals surface area contributed by atoms with E-state index in [2.05, 4.69) is 4.98 Å². The predicted molar refractivity (Wildman–Crippen MR) is 113 cm³/mol. The molecule has 0 spiro atoms. The Morgan fingerprint density at radius 1 is 0.964 bits per heavy atom. The lowest BCUT2D eigenvalue weighted by Gasteiger charge is -2.20. The molecule has 28 heavy (non-hydrogen) atoms. The van der Waals surface area contributed by atoms with Crippen molar-refractivity contribution in [3.8, 4) is 5.75 Å². The van der Waals surface area contributed by atoms with Crippen LogP contribution in [0.3, 0.4) is 0 Å². The molecule has 0 fully saturated rings. The van der Waals surface area contributed by atoms with Gasteiger partial charge in [-0.3, -0.25) is 0 Å². The smallest absolute Gasteiger partial charge is 0.119 e. The molecule has 2 aromatic carbocycles. The van der Waals surface area contributed by atoms with E-state index in [4.69, 9.17) is 32.7 Å². The van der Waals surface area contributed by atoms with E-state index >= 15 is 0 Å². The molecule has 0 aliphatic rings.